The molecule has 2 heterocycles. The summed E-state index contributed by atoms with van der Waals surface area (Å²) in [7, 11) is 0. The highest BCUT2D eigenvalue weighted by molar-refractivity contribution is 8.02. The number of hydrogen-bond donors (Lipinski definition) is 2. The summed E-state index contributed by atoms with van der Waals surface area (Å²) in [5.74, 6) is -0.0972. The molecule has 2 aromatic heterocycles. The molecule has 6 nitrogen and oxygen atoms in total. The minimum Gasteiger partial charge on any atom is -0.374 e. The SMILES string of the molecule is CC(Sc1nnc(N)s1)C(=O)Nc1ccncc1. The van der Waals surface area contributed by atoms with Crippen molar-refractivity contribution in [3.63, 3.8) is 0 Å². The highest BCUT2D eigenvalue weighted by atomic mass is 32.2. The molecule has 0 spiro atoms. The predicted molar refractivity (Wildman–Crippen MR) is 72.5 cm³/mol. The van der Waals surface area contributed by atoms with Crippen LogP contribution in [0.3, 0.4) is 0 Å². The van der Waals surface area contributed by atoms with Crippen molar-refractivity contribution in [2.45, 2.75) is 16.5 Å². The van der Waals surface area contributed by atoms with Gasteiger partial charge in [-0.2, -0.15) is 0 Å². The summed E-state index contributed by atoms with van der Waals surface area (Å²) in [5, 5.41) is 10.5. The minimum atomic E-state index is -0.273. The number of nitrogen functional groups attached to an aromatic ring is 1. The van der Waals surface area contributed by atoms with Gasteiger partial charge in [0.05, 0.1) is 5.25 Å². The molecule has 3 N–H and O–H groups in total. The minimum absolute atomic E-state index is 0.0972. The summed E-state index contributed by atoms with van der Waals surface area (Å²) in [6, 6.07) is 3.47. The molecule has 8 heteroatoms. The van der Waals surface area contributed by atoms with Crippen LogP contribution in [0.1, 0.15) is 6.92 Å². The van der Waals surface area contributed by atoms with Crippen LogP contribution in [0.4, 0.5) is 10.8 Å². The van der Waals surface area contributed by atoms with Gasteiger partial charge in [0.2, 0.25) is 11.0 Å². The molecule has 0 aliphatic rings. The Bertz CT molecular complexity index is 530. The molecule has 0 saturated carbocycles. The van der Waals surface area contributed by atoms with E-state index in [9.17, 15) is 4.79 Å². The molecule has 1 amide bonds. The second-order valence-corrected chi connectivity index (χ2v) is 5.99. The van der Waals surface area contributed by atoms with E-state index in [-0.39, 0.29) is 11.2 Å². The lowest BCUT2D eigenvalue weighted by molar-refractivity contribution is -0.115. The van der Waals surface area contributed by atoms with Crippen LogP contribution in [0.2, 0.25) is 0 Å². The average Bonchev–Trinajstić information content (AvgIpc) is 2.76. The van der Waals surface area contributed by atoms with Crippen molar-refractivity contribution in [2.75, 3.05) is 11.1 Å². The van der Waals surface area contributed by atoms with Gasteiger partial charge in [-0.25, -0.2) is 0 Å². The average molecular weight is 281 g/mol. The van der Waals surface area contributed by atoms with Crippen LogP contribution >= 0.6 is 23.1 Å². The van der Waals surface area contributed by atoms with Crippen LogP contribution in [0.15, 0.2) is 28.9 Å². The maximum Gasteiger partial charge on any atom is 0.237 e. The Hall–Kier alpha value is -1.67. The fourth-order valence-corrected chi connectivity index (χ4v) is 2.93. The lowest BCUT2D eigenvalue weighted by Gasteiger charge is -2.09. The number of carbonyl (C=O) groups is 1. The Morgan fingerprint density at radius 2 is 2.17 bits per heavy atom. The van der Waals surface area contributed by atoms with Crippen molar-refractivity contribution >= 4 is 39.8 Å². The number of carbonyl (C=O) groups excluding carboxylic acids is 1. The van der Waals surface area contributed by atoms with Gasteiger partial charge in [-0.15, -0.1) is 10.2 Å². The van der Waals surface area contributed by atoms with Crippen LogP contribution in [-0.4, -0.2) is 26.3 Å². The van der Waals surface area contributed by atoms with Crippen molar-refractivity contribution in [1.82, 2.24) is 15.2 Å². The Labute approximate surface area is 112 Å². The monoisotopic (exact) mass is 281 g/mol. The number of nitrogens with one attached hydrogen (secondary N) is 1. The summed E-state index contributed by atoms with van der Waals surface area (Å²) in [4.78, 5) is 15.8. The zero-order chi connectivity index (χ0) is 13.0. The molecular weight excluding hydrogens is 270 g/mol. The highest BCUT2D eigenvalue weighted by Crippen LogP contribution is 2.27. The van der Waals surface area contributed by atoms with Crippen LogP contribution in [0.5, 0.6) is 0 Å². The van der Waals surface area contributed by atoms with E-state index in [0.29, 0.717) is 9.47 Å². The normalized spacial score (nSPS) is 12.1. The second-order valence-electron chi connectivity index (χ2n) is 3.39. The van der Waals surface area contributed by atoms with E-state index in [1.54, 1.807) is 31.5 Å². The predicted octanol–water partition coefficient (Wildman–Crippen LogP) is 1.63. The van der Waals surface area contributed by atoms with E-state index in [0.717, 1.165) is 5.69 Å². The smallest absolute Gasteiger partial charge is 0.237 e. The molecule has 1 atom stereocenters. The van der Waals surface area contributed by atoms with Gasteiger partial charge in [-0.3, -0.25) is 9.78 Å². The van der Waals surface area contributed by atoms with Crippen molar-refractivity contribution < 1.29 is 4.79 Å². The molecule has 0 bridgehead atoms. The lowest BCUT2D eigenvalue weighted by Crippen LogP contribution is -2.22. The summed E-state index contributed by atoms with van der Waals surface area (Å²) in [6.45, 7) is 1.80. The maximum atomic E-state index is 11.9. The number of hydrogen-bond acceptors (Lipinski definition) is 7. The van der Waals surface area contributed by atoms with Gasteiger partial charge in [0.15, 0.2) is 4.34 Å². The molecule has 0 aromatic carbocycles. The lowest BCUT2D eigenvalue weighted by atomic mass is 10.3. The van der Waals surface area contributed by atoms with Gasteiger partial charge in [-0.05, 0) is 19.1 Å². The fraction of sp³-hybridized carbons (Fsp3) is 0.200. The summed E-state index contributed by atoms with van der Waals surface area (Å²) in [6.07, 6.45) is 3.25. The summed E-state index contributed by atoms with van der Waals surface area (Å²) >= 11 is 2.60. The Morgan fingerprint density at radius 1 is 1.44 bits per heavy atom. The van der Waals surface area contributed by atoms with Gasteiger partial charge < -0.3 is 11.1 Å². The third kappa shape index (κ3) is 3.41. The van der Waals surface area contributed by atoms with E-state index in [4.69, 9.17) is 5.73 Å². The first kappa shape index (κ1) is 12.8. The van der Waals surface area contributed by atoms with Gasteiger partial charge in [0.25, 0.3) is 0 Å². The molecular formula is C10H11N5OS2. The molecule has 18 heavy (non-hydrogen) atoms. The Balaban J connectivity index is 1.93. The van der Waals surface area contributed by atoms with E-state index in [2.05, 4.69) is 20.5 Å². The number of aromatic nitrogens is 3. The van der Waals surface area contributed by atoms with Crippen molar-refractivity contribution in [3.05, 3.63) is 24.5 Å². The number of thioether (sulfide) groups is 1. The molecule has 94 valence electrons. The van der Waals surface area contributed by atoms with Crippen molar-refractivity contribution in [1.29, 1.82) is 0 Å². The first-order valence-electron chi connectivity index (χ1n) is 5.11. The number of pyridine rings is 1. The second kappa shape index (κ2) is 5.78. The number of nitrogens with zero attached hydrogens (tertiary/aromatic N) is 3. The van der Waals surface area contributed by atoms with E-state index in [1.807, 2.05) is 0 Å². The third-order valence-electron chi connectivity index (χ3n) is 2.02. The summed E-state index contributed by atoms with van der Waals surface area (Å²) in [5.41, 5.74) is 6.20. The molecule has 0 radical (unpaired) electrons. The van der Waals surface area contributed by atoms with E-state index in [1.165, 1.54) is 23.1 Å². The topological polar surface area (TPSA) is 93.8 Å². The third-order valence-corrected chi connectivity index (χ3v) is 3.95. The van der Waals surface area contributed by atoms with Crippen LogP contribution in [-0.2, 0) is 4.79 Å². The van der Waals surface area contributed by atoms with Gasteiger partial charge in [0, 0.05) is 18.1 Å². The van der Waals surface area contributed by atoms with Crippen LogP contribution < -0.4 is 11.1 Å². The van der Waals surface area contributed by atoms with Gasteiger partial charge in [-0.1, -0.05) is 23.1 Å². The molecule has 0 saturated heterocycles. The fourth-order valence-electron chi connectivity index (χ4n) is 1.15. The summed E-state index contributed by atoms with van der Waals surface area (Å²) < 4.78 is 0.685. The largest absolute Gasteiger partial charge is 0.374 e. The molecule has 1 unspecified atom stereocenters. The first-order valence-corrected chi connectivity index (χ1v) is 6.81. The van der Waals surface area contributed by atoms with Crippen LogP contribution in [0, 0.1) is 0 Å². The zero-order valence-electron chi connectivity index (χ0n) is 9.53. The molecule has 2 aromatic rings. The quantitative estimate of drug-likeness (QED) is 0.827. The standard InChI is InChI=1S/C10H11N5OS2/c1-6(17-10-15-14-9(11)18-10)8(16)13-7-2-4-12-5-3-7/h2-6H,1H3,(H2,11,14)(H,12,13,16). The van der Waals surface area contributed by atoms with Gasteiger partial charge in [0.1, 0.15) is 0 Å². The first-order chi connectivity index (χ1) is 8.65. The Morgan fingerprint density at radius 3 is 2.78 bits per heavy atom. The number of nitrogens with two attached hydrogens (primary N) is 1. The van der Waals surface area contributed by atoms with Gasteiger partial charge >= 0.3 is 0 Å². The molecule has 0 aliphatic carbocycles. The molecule has 0 aliphatic heterocycles. The van der Waals surface area contributed by atoms with Crippen molar-refractivity contribution in [2.24, 2.45) is 0 Å². The van der Waals surface area contributed by atoms with E-state index < -0.39 is 0 Å². The number of rotatable bonds is 4. The number of amides is 1. The number of anilines is 2. The van der Waals surface area contributed by atoms with Crippen molar-refractivity contribution in [3.8, 4) is 0 Å². The zero-order valence-corrected chi connectivity index (χ0v) is 11.2. The van der Waals surface area contributed by atoms with Crippen LogP contribution in [0.25, 0.3) is 0 Å². The highest BCUT2D eigenvalue weighted by Gasteiger charge is 2.16. The molecule has 0 fully saturated rings. The van der Waals surface area contributed by atoms with E-state index >= 15 is 0 Å². The molecule has 2 rings (SSSR count). The Kier molecular flexibility index (Phi) is 4.11. The maximum absolute atomic E-state index is 11.9.